The number of nitrogens with one attached hydrogen (secondary N) is 1. The van der Waals surface area contributed by atoms with Crippen LogP contribution in [0.1, 0.15) is 35.7 Å². The first kappa shape index (κ1) is 15.3. The molecule has 100 valence electrons. The maximum absolute atomic E-state index is 11.9. The Kier molecular flexibility index (Phi) is 6.51. The maximum atomic E-state index is 11.9. The molecule has 1 atom stereocenters. The second kappa shape index (κ2) is 7.65. The molecule has 0 saturated carbocycles. The average molecular weight is 288 g/mol. The Morgan fingerprint density at radius 2 is 2.17 bits per heavy atom. The zero-order valence-corrected chi connectivity index (χ0v) is 12.3. The number of alkyl halides is 1. The van der Waals surface area contributed by atoms with Crippen molar-refractivity contribution in [2.24, 2.45) is 5.92 Å². The summed E-state index contributed by atoms with van der Waals surface area (Å²) in [6.07, 6.45) is 1.95. The van der Waals surface area contributed by atoms with Crippen LogP contribution in [-0.2, 0) is 0 Å². The summed E-state index contributed by atoms with van der Waals surface area (Å²) >= 11 is 11.6. The minimum Gasteiger partial charge on any atom is -0.352 e. The molecule has 0 radical (unpaired) electrons. The van der Waals surface area contributed by atoms with E-state index in [1.54, 1.807) is 18.2 Å². The van der Waals surface area contributed by atoms with Crippen LogP contribution in [0.2, 0.25) is 5.02 Å². The lowest BCUT2D eigenvalue weighted by atomic mass is 10.0. The van der Waals surface area contributed by atoms with E-state index in [-0.39, 0.29) is 5.91 Å². The predicted molar refractivity (Wildman–Crippen MR) is 77.6 cm³/mol. The molecule has 0 saturated heterocycles. The van der Waals surface area contributed by atoms with Gasteiger partial charge in [-0.15, -0.1) is 11.6 Å². The molecule has 18 heavy (non-hydrogen) atoms. The Balaban J connectivity index is 2.57. The molecule has 1 rings (SSSR count). The first-order chi connectivity index (χ1) is 8.58. The van der Waals surface area contributed by atoms with E-state index in [1.807, 2.05) is 6.92 Å². The number of benzene rings is 1. The van der Waals surface area contributed by atoms with Gasteiger partial charge in [0.25, 0.3) is 5.91 Å². The summed E-state index contributed by atoms with van der Waals surface area (Å²) in [7, 11) is 0. The van der Waals surface area contributed by atoms with Crippen LogP contribution >= 0.6 is 23.2 Å². The number of carbonyl (C=O) groups is 1. The molecule has 1 aromatic carbocycles. The van der Waals surface area contributed by atoms with Crippen molar-refractivity contribution >= 4 is 29.1 Å². The fourth-order valence-electron chi connectivity index (χ4n) is 1.73. The number of aryl methyl sites for hydroxylation is 1. The van der Waals surface area contributed by atoms with E-state index < -0.39 is 0 Å². The van der Waals surface area contributed by atoms with Gasteiger partial charge in [-0.2, -0.15) is 0 Å². The molecular formula is C14H19Cl2NO. The van der Waals surface area contributed by atoms with E-state index >= 15 is 0 Å². The fraction of sp³-hybridized carbons (Fsp3) is 0.500. The molecule has 0 aromatic heterocycles. The Bertz CT molecular complexity index is 407. The maximum Gasteiger partial charge on any atom is 0.251 e. The van der Waals surface area contributed by atoms with Gasteiger partial charge in [-0.05, 0) is 43.0 Å². The fourth-order valence-corrected chi connectivity index (χ4v) is 2.16. The van der Waals surface area contributed by atoms with Crippen molar-refractivity contribution in [1.82, 2.24) is 5.32 Å². The molecule has 1 N–H and O–H groups in total. The molecule has 0 aliphatic carbocycles. The molecule has 0 aliphatic rings. The Morgan fingerprint density at radius 1 is 1.44 bits per heavy atom. The monoisotopic (exact) mass is 287 g/mol. The van der Waals surface area contributed by atoms with Crippen molar-refractivity contribution in [3.63, 3.8) is 0 Å². The highest BCUT2D eigenvalue weighted by Gasteiger charge is 2.10. The second-order valence-corrected chi connectivity index (χ2v) is 5.21. The lowest BCUT2D eigenvalue weighted by Crippen LogP contribution is -2.29. The van der Waals surface area contributed by atoms with Gasteiger partial charge in [-0.25, -0.2) is 0 Å². The van der Waals surface area contributed by atoms with Gasteiger partial charge in [0, 0.05) is 23.0 Å². The van der Waals surface area contributed by atoms with Crippen LogP contribution in [0.15, 0.2) is 18.2 Å². The van der Waals surface area contributed by atoms with Crippen molar-refractivity contribution in [1.29, 1.82) is 0 Å². The van der Waals surface area contributed by atoms with Crippen LogP contribution < -0.4 is 5.32 Å². The Labute approximate surface area is 119 Å². The third-order valence-electron chi connectivity index (χ3n) is 3.07. The van der Waals surface area contributed by atoms with E-state index in [4.69, 9.17) is 23.2 Å². The summed E-state index contributed by atoms with van der Waals surface area (Å²) in [6, 6.07) is 5.30. The molecule has 1 aromatic rings. The van der Waals surface area contributed by atoms with Gasteiger partial charge < -0.3 is 5.32 Å². The Hall–Kier alpha value is -0.730. The first-order valence-electron chi connectivity index (χ1n) is 6.18. The van der Waals surface area contributed by atoms with Crippen LogP contribution in [0.4, 0.5) is 0 Å². The number of carbonyl (C=O) groups excluding carboxylic acids is 1. The highest BCUT2D eigenvalue weighted by atomic mass is 35.5. The quantitative estimate of drug-likeness (QED) is 0.787. The second-order valence-electron chi connectivity index (χ2n) is 4.43. The summed E-state index contributed by atoms with van der Waals surface area (Å²) in [5.74, 6) is 1.02. The lowest BCUT2D eigenvalue weighted by Gasteiger charge is -2.14. The van der Waals surface area contributed by atoms with Gasteiger partial charge in [-0.1, -0.05) is 24.9 Å². The lowest BCUT2D eigenvalue weighted by molar-refractivity contribution is 0.0946. The topological polar surface area (TPSA) is 29.1 Å². The first-order valence-corrected chi connectivity index (χ1v) is 7.10. The van der Waals surface area contributed by atoms with E-state index in [9.17, 15) is 4.79 Å². The van der Waals surface area contributed by atoms with Crippen LogP contribution in [-0.4, -0.2) is 18.3 Å². The van der Waals surface area contributed by atoms with Gasteiger partial charge in [-0.3, -0.25) is 4.79 Å². The normalized spacial score (nSPS) is 12.2. The van der Waals surface area contributed by atoms with E-state index in [1.165, 1.54) is 0 Å². The van der Waals surface area contributed by atoms with Crippen molar-refractivity contribution in [2.45, 2.75) is 26.7 Å². The van der Waals surface area contributed by atoms with Crippen LogP contribution in [0.5, 0.6) is 0 Å². The number of hydrogen-bond donors (Lipinski definition) is 1. The minimum absolute atomic E-state index is 0.0530. The van der Waals surface area contributed by atoms with Crippen LogP contribution in [0.3, 0.4) is 0 Å². The van der Waals surface area contributed by atoms with E-state index in [2.05, 4.69) is 12.2 Å². The van der Waals surface area contributed by atoms with Gasteiger partial charge in [0.1, 0.15) is 0 Å². The molecule has 0 heterocycles. The third-order valence-corrected chi connectivity index (χ3v) is 3.71. The van der Waals surface area contributed by atoms with Crippen molar-refractivity contribution in [3.8, 4) is 0 Å². The van der Waals surface area contributed by atoms with Gasteiger partial charge in [0.2, 0.25) is 0 Å². The Morgan fingerprint density at radius 3 is 2.72 bits per heavy atom. The molecule has 0 spiro atoms. The highest BCUT2D eigenvalue weighted by Crippen LogP contribution is 2.16. The van der Waals surface area contributed by atoms with Gasteiger partial charge in [0.15, 0.2) is 0 Å². The summed E-state index contributed by atoms with van der Waals surface area (Å²) in [5.41, 5.74) is 1.56. The number of halogens is 2. The van der Waals surface area contributed by atoms with Crippen molar-refractivity contribution in [2.75, 3.05) is 12.4 Å². The molecule has 4 heteroatoms. The molecule has 1 amide bonds. The summed E-state index contributed by atoms with van der Waals surface area (Å²) in [4.78, 5) is 11.9. The molecule has 1 unspecified atom stereocenters. The third kappa shape index (κ3) is 4.51. The number of amides is 1. The summed E-state index contributed by atoms with van der Waals surface area (Å²) in [6.45, 7) is 4.67. The standard InChI is InChI=1S/C14H19Cl2NO/c1-3-11(6-7-15)9-17-14(18)12-4-5-13(16)10(2)8-12/h4-5,8,11H,3,6-7,9H2,1-2H3,(H,17,18). The zero-order chi connectivity index (χ0) is 13.5. The molecule has 0 fully saturated rings. The average Bonchev–Trinajstić information content (AvgIpc) is 2.37. The van der Waals surface area contributed by atoms with E-state index in [0.717, 1.165) is 18.4 Å². The SMILES string of the molecule is CCC(CCCl)CNC(=O)c1ccc(Cl)c(C)c1. The summed E-state index contributed by atoms with van der Waals surface area (Å²) in [5, 5.41) is 3.62. The van der Waals surface area contributed by atoms with Crippen molar-refractivity contribution in [3.05, 3.63) is 34.3 Å². The zero-order valence-electron chi connectivity index (χ0n) is 10.8. The smallest absolute Gasteiger partial charge is 0.251 e. The molecule has 0 aliphatic heterocycles. The van der Waals surface area contributed by atoms with Crippen LogP contribution in [0.25, 0.3) is 0 Å². The van der Waals surface area contributed by atoms with Gasteiger partial charge >= 0.3 is 0 Å². The van der Waals surface area contributed by atoms with E-state index in [0.29, 0.717) is 28.9 Å². The van der Waals surface area contributed by atoms with Crippen molar-refractivity contribution < 1.29 is 4.79 Å². The molecule has 0 bridgehead atoms. The minimum atomic E-state index is -0.0530. The largest absolute Gasteiger partial charge is 0.352 e. The molecule has 2 nitrogen and oxygen atoms in total. The summed E-state index contributed by atoms with van der Waals surface area (Å²) < 4.78 is 0. The number of hydrogen-bond acceptors (Lipinski definition) is 1. The van der Waals surface area contributed by atoms with Gasteiger partial charge in [0.05, 0.1) is 0 Å². The number of rotatable bonds is 6. The highest BCUT2D eigenvalue weighted by molar-refractivity contribution is 6.31. The molecular weight excluding hydrogens is 269 g/mol. The van der Waals surface area contributed by atoms with Crippen LogP contribution in [0, 0.1) is 12.8 Å². The predicted octanol–water partition coefficient (Wildman–Crippen LogP) is 4.03.